The molecule has 2 atom stereocenters. The van der Waals surface area contributed by atoms with Gasteiger partial charge in [0.2, 0.25) is 0 Å². The highest BCUT2D eigenvalue weighted by Crippen LogP contribution is 2.30. The topological polar surface area (TPSA) is 61.3 Å². The molecule has 0 aliphatic heterocycles. The van der Waals surface area contributed by atoms with Crippen molar-refractivity contribution < 1.29 is 4.52 Å². The first-order valence-corrected chi connectivity index (χ1v) is 15.9. The molecule has 0 saturated carbocycles. The van der Waals surface area contributed by atoms with Crippen LogP contribution in [0.1, 0.15) is 130 Å². The minimum absolute atomic E-state index is 0.360. The van der Waals surface area contributed by atoms with Crippen LogP contribution in [-0.2, 0) is 0 Å². The standard InChI is InChI=1S/C34H57N3O2/c1-8-14-17-27(11-4)23-32-33(34(38)39-36-32)35-31-21-20-30(22-26(31)7)37(24-28(12-5)18-15-9-2)25-29(13-6)19-16-10-3/h20-23,28-29,35-36H,8-19,24-25H2,1-7H3/b27-23+. The van der Waals surface area contributed by atoms with Crippen LogP contribution in [0.25, 0.3) is 6.08 Å². The van der Waals surface area contributed by atoms with E-state index >= 15 is 0 Å². The van der Waals surface area contributed by atoms with E-state index in [1.807, 2.05) is 0 Å². The number of hydrogen-bond acceptors (Lipinski definition) is 4. The summed E-state index contributed by atoms with van der Waals surface area (Å²) in [5, 5.41) is 6.24. The summed E-state index contributed by atoms with van der Waals surface area (Å²) in [5.74, 6) is 1.43. The Bertz CT molecular complexity index is 1020. The molecule has 2 N–H and O–H groups in total. The van der Waals surface area contributed by atoms with Gasteiger partial charge in [0.15, 0.2) is 5.69 Å². The van der Waals surface area contributed by atoms with Gasteiger partial charge in [-0.1, -0.05) is 92.1 Å². The number of aromatic amines is 1. The molecular weight excluding hydrogens is 482 g/mol. The predicted molar refractivity (Wildman–Crippen MR) is 170 cm³/mol. The Morgan fingerprint density at radius 3 is 2.08 bits per heavy atom. The summed E-state index contributed by atoms with van der Waals surface area (Å²) in [6, 6.07) is 6.66. The lowest BCUT2D eigenvalue weighted by Crippen LogP contribution is -2.34. The average molecular weight is 540 g/mol. The minimum Gasteiger partial charge on any atom is -0.371 e. The lowest BCUT2D eigenvalue weighted by atomic mass is 9.95. The second-order valence-corrected chi connectivity index (χ2v) is 11.4. The molecule has 0 bridgehead atoms. The second-order valence-electron chi connectivity index (χ2n) is 11.4. The highest BCUT2D eigenvalue weighted by molar-refractivity contribution is 5.72. The second kappa shape index (κ2) is 18.0. The van der Waals surface area contributed by atoms with Gasteiger partial charge in [-0.3, -0.25) is 0 Å². The molecule has 0 aliphatic carbocycles. The van der Waals surface area contributed by atoms with Gasteiger partial charge in [0.1, 0.15) is 5.69 Å². The normalized spacial score (nSPS) is 13.5. The maximum Gasteiger partial charge on any atom is 0.381 e. The van der Waals surface area contributed by atoms with Gasteiger partial charge in [-0.15, -0.1) is 0 Å². The van der Waals surface area contributed by atoms with E-state index in [4.69, 9.17) is 4.52 Å². The Morgan fingerprint density at radius 2 is 1.56 bits per heavy atom. The van der Waals surface area contributed by atoms with Crippen molar-refractivity contribution in [2.24, 2.45) is 11.8 Å². The van der Waals surface area contributed by atoms with Crippen LogP contribution in [-0.4, -0.2) is 18.2 Å². The van der Waals surface area contributed by atoms with Crippen molar-refractivity contribution in [3.8, 4) is 0 Å². The highest BCUT2D eigenvalue weighted by atomic mass is 16.5. The summed E-state index contributed by atoms with van der Waals surface area (Å²) in [6.45, 7) is 18.0. The van der Waals surface area contributed by atoms with E-state index in [1.54, 1.807) is 0 Å². The lowest BCUT2D eigenvalue weighted by Gasteiger charge is -2.33. The molecule has 0 amide bonds. The monoisotopic (exact) mass is 539 g/mol. The number of unbranched alkanes of at least 4 members (excludes halogenated alkanes) is 3. The fourth-order valence-corrected chi connectivity index (χ4v) is 5.36. The van der Waals surface area contributed by atoms with E-state index in [-0.39, 0.29) is 5.63 Å². The third-order valence-corrected chi connectivity index (χ3v) is 8.26. The maximum atomic E-state index is 12.6. The van der Waals surface area contributed by atoms with Crippen LogP contribution in [0, 0.1) is 18.8 Å². The zero-order chi connectivity index (χ0) is 28.6. The van der Waals surface area contributed by atoms with Crippen molar-refractivity contribution >= 4 is 23.1 Å². The summed E-state index contributed by atoms with van der Waals surface area (Å²) in [7, 11) is 0. The van der Waals surface area contributed by atoms with Crippen molar-refractivity contribution in [1.29, 1.82) is 0 Å². The van der Waals surface area contributed by atoms with E-state index in [1.165, 1.54) is 62.6 Å². The molecule has 0 aliphatic rings. The van der Waals surface area contributed by atoms with Gasteiger partial charge >= 0.3 is 5.63 Å². The largest absolute Gasteiger partial charge is 0.381 e. The smallest absolute Gasteiger partial charge is 0.371 e. The quantitative estimate of drug-likeness (QED) is 0.176. The number of allylic oxidation sites excluding steroid dienone is 1. The Hall–Kier alpha value is -2.43. The van der Waals surface area contributed by atoms with Gasteiger partial charge < -0.3 is 14.7 Å². The molecule has 2 aromatic rings. The molecule has 2 unspecified atom stereocenters. The molecule has 1 aromatic heterocycles. The predicted octanol–water partition coefficient (Wildman–Crippen LogP) is 10.2. The van der Waals surface area contributed by atoms with Crippen LogP contribution >= 0.6 is 0 Å². The summed E-state index contributed by atoms with van der Waals surface area (Å²) in [5.41, 5.74) is 5.54. The molecule has 39 heavy (non-hydrogen) atoms. The number of aryl methyl sites for hydroxylation is 1. The maximum absolute atomic E-state index is 12.6. The van der Waals surface area contributed by atoms with Gasteiger partial charge in [0, 0.05) is 24.5 Å². The zero-order valence-electron chi connectivity index (χ0n) is 26.1. The third kappa shape index (κ3) is 10.6. The summed E-state index contributed by atoms with van der Waals surface area (Å²) < 4.78 is 5.20. The van der Waals surface area contributed by atoms with Crippen LogP contribution in [0.2, 0.25) is 0 Å². The van der Waals surface area contributed by atoms with Gasteiger partial charge in [0.25, 0.3) is 0 Å². The number of anilines is 3. The molecule has 5 nitrogen and oxygen atoms in total. The molecule has 2 rings (SSSR count). The van der Waals surface area contributed by atoms with E-state index in [9.17, 15) is 4.79 Å². The molecule has 220 valence electrons. The Balaban J connectivity index is 2.32. The minimum atomic E-state index is -0.360. The summed E-state index contributed by atoms with van der Waals surface area (Å²) in [6.07, 6.45) is 16.5. The van der Waals surface area contributed by atoms with Crippen molar-refractivity contribution in [3.63, 3.8) is 0 Å². The van der Waals surface area contributed by atoms with Crippen LogP contribution in [0.5, 0.6) is 0 Å². The number of H-pyrrole nitrogens is 1. The molecule has 1 aromatic carbocycles. The number of nitrogens with zero attached hydrogens (tertiary/aromatic N) is 1. The third-order valence-electron chi connectivity index (χ3n) is 8.26. The molecule has 0 radical (unpaired) electrons. The van der Waals surface area contributed by atoms with E-state index < -0.39 is 0 Å². The van der Waals surface area contributed by atoms with Crippen LogP contribution in [0.15, 0.2) is 33.1 Å². The first kappa shape index (κ1) is 32.8. The number of benzene rings is 1. The fourth-order valence-electron chi connectivity index (χ4n) is 5.36. The van der Waals surface area contributed by atoms with Gasteiger partial charge in [-0.05, 0) is 80.7 Å². The summed E-state index contributed by atoms with van der Waals surface area (Å²) in [4.78, 5) is 15.2. The lowest BCUT2D eigenvalue weighted by molar-refractivity contribution is 0.391. The Labute approximate surface area is 238 Å². The molecule has 0 fully saturated rings. The van der Waals surface area contributed by atoms with E-state index in [2.05, 4.69) is 88.1 Å². The number of rotatable bonds is 20. The average Bonchev–Trinajstić information content (AvgIpc) is 3.29. The van der Waals surface area contributed by atoms with Gasteiger partial charge in [0.05, 0.1) is 0 Å². The number of nitrogens with one attached hydrogen (secondary N) is 2. The van der Waals surface area contributed by atoms with E-state index in [0.29, 0.717) is 17.5 Å². The number of aromatic nitrogens is 1. The Morgan fingerprint density at radius 1 is 0.949 bits per heavy atom. The molecule has 5 heteroatoms. The van der Waals surface area contributed by atoms with Gasteiger partial charge in [-0.25, -0.2) is 9.95 Å². The van der Waals surface area contributed by atoms with Crippen LogP contribution < -0.4 is 15.8 Å². The van der Waals surface area contributed by atoms with E-state index in [0.717, 1.165) is 55.7 Å². The molecule has 1 heterocycles. The zero-order valence-corrected chi connectivity index (χ0v) is 26.1. The SMILES string of the molecule is CCCC/C(=C/c1[nH]oc(=O)c1Nc1ccc(N(CC(CC)CCCC)CC(CC)CCCC)cc1C)CC. The van der Waals surface area contributed by atoms with Crippen molar-refractivity contribution in [3.05, 3.63) is 45.4 Å². The van der Waals surface area contributed by atoms with Crippen LogP contribution in [0.4, 0.5) is 17.1 Å². The number of hydrogen-bond donors (Lipinski definition) is 2. The van der Waals surface area contributed by atoms with Crippen molar-refractivity contribution in [2.75, 3.05) is 23.3 Å². The first-order chi connectivity index (χ1) is 18.9. The van der Waals surface area contributed by atoms with Crippen molar-refractivity contribution in [1.82, 2.24) is 5.16 Å². The fraction of sp³-hybridized carbons (Fsp3) is 0.676. The summed E-state index contributed by atoms with van der Waals surface area (Å²) >= 11 is 0. The molecule has 0 saturated heterocycles. The first-order valence-electron chi connectivity index (χ1n) is 15.9. The molecule has 0 spiro atoms. The van der Waals surface area contributed by atoms with Gasteiger partial charge in [-0.2, -0.15) is 0 Å². The van der Waals surface area contributed by atoms with Crippen molar-refractivity contribution in [2.45, 2.75) is 126 Å². The Kier molecular flexibility index (Phi) is 15.1. The highest BCUT2D eigenvalue weighted by Gasteiger charge is 2.19. The van der Waals surface area contributed by atoms with Crippen LogP contribution in [0.3, 0.4) is 0 Å². The molecular formula is C34H57N3O2.